The van der Waals surface area contributed by atoms with Crippen molar-refractivity contribution in [3.8, 4) is 0 Å². The normalized spacial score (nSPS) is 24.1. The molecule has 1 saturated heterocycles. The maximum Gasteiger partial charge on any atom is 0.118 e. The summed E-state index contributed by atoms with van der Waals surface area (Å²) in [6.07, 6.45) is 5.74. The van der Waals surface area contributed by atoms with Crippen molar-refractivity contribution >= 4 is 0 Å². The zero-order valence-corrected chi connectivity index (χ0v) is 11.5. The summed E-state index contributed by atoms with van der Waals surface area (Å²) < 4.78 is 0. The van der Waals surface area contributed by atoms with Crippen molar-refractivity contribution in [1.29, 1.82) is 0 Å². The minimum Gasteiger partial charge on any atom is -0.377 e. The van der Waals surface area contributed by atoms with E-state index in [0.717, 1.165) is 32.5 Å². The van der Waals surface area contributed by atoms with Crippen LogP contribution in [-0.4, -0.2) is 35.9 Å². The molecule has 0 aromatic heterocycles. The molecule has 1 aliphatic carbocycles. The van der Waals surface area contributed by atoms with Gasteiger partial charge in [-0.3, -0.25) is 10.2 Å². The average Bonchev–Trinajstić information content (AvgIpc) is 3.21. The molecule has 1 aromatic rings. The minimum absolute atomic E-state index is 0.0382. The fourth-order valence-corrected chi connectivity index (χ4v) is 3.15. The molecule has 2 N–H and O–H groups in total. The molecule has 19 heavy (non-hydrogen) atoms. The summed E-state index contributed by atoms with van der Waals surface area (Å²) in [5.74, 6) is 0. The molecule has 1 aromatic carbocycles. The van der Waals surface area contributed by atoms with Gasteiger partial charge < -0.3 is 5.11 Å². The van der Waals surface area contributed by atoms with E-state index in [1.54, 1.807) is 0 Å². The molecule has 2 aliphatic rings. The van der Waals surface area contributed by atoms with Crippen LogP contribution in [-0.2, 0) is 5.54 Å². The van der Waals surface area contributed by atoms with Crippen LogP contribution in [0.25, 0.3) is 0 Å². The third-order valence-corrected chi connectivity index (χ3v) is 4.40. The number of likely N-dealkylation sites (tertiary alicyclic amines) is 1. The molecule has 1 atom stereocenters. The van der Waals surface area contributed by atoms with E-state index in [1.165, 1.54) is 24.8 Å². The summed E-state index contributed by atoms with van der Waals surface area (Å²) in [5.41, 5.74) is 1.35. The second-order valence-corrected chi connectivity index (χ2v) is 5.97. The van der Waals surface area contributed by atoms with Gasteiger partial charge in [0.15, 0.2) is 0 Å². The smallest absolute Gasteiger partial charge is 0.118 e. The topological polar surface area (TPSA) is 35.5 Å². The van der Waals surface area contributed by atoms with E-state index in [0.29, 0.717) is 0 Å². The van der Waals surface area contributed by atoms with Crippen molar-refractivity contribution in [2.45, 2.75) is 43.9 Å². The summed E-state index contributed by atoms with van der Waals surface area (Å²) >= 11 is 0. The first kappa shape index (κ1) is 13.1. The van der Waals surface area contributed by atoms with Crippen LogP contribution >= 0.6 is 0 Å². The van der Waals surface area contributed by atoms with Gasteiger partial charge >= 0.3 is 0 Å². The zero-order valence-electron chi connectivity index (χ0n) is 11.5. The Balaban J connectivity index is 1.55. The fourth-order valence-electron chi connectivity index (χ4n) is 3.15. The third-order valence-electron chi connectivity index (χ3n) is 4.40. The lowest BCUT2D eigenvalue weighted by atomic mass is 10.0. The number of nitrogens with zero attached hydrogens (tertiary/aromatic N) is 1. The Morgan fingerprint density at radius 1 is 1.11 bits per heavy atom. The summed E-state index contributed by atoms with van der Waals surface area (Å²) in [5, 5.41) is 13.7. The van der Waals surface area contributed by atoms with E-state index in [1.807, 2.05) is 6.07 Å². The molecule has 0 amide bonds. The number of hydrogen-bond acceptors (Lipinski definition) is 3. The average molecular weight is 260 g/mol. The molecule has 1 heterocycles. The standard InChI is InChI=1S/C16H24N2O/c19-15(13-18-11-5-2-6-12-18)17-16(9-10-16)14-7-3-1-4-8-14/h1,3-4,7-8,15,17,19H,2,5-6,9-13H2. The van der Waals surface area contributed by atoms with Gasteiger partial charge in [0.1, 0.15) is 6.23 Å². The molecule has 0 spiro atoms. The summed E-state index contributed by atoms with van der Waals surface area (Å²) in [6.45, 7) is 3.03. The molecule has 0 radical (unpaired) electrons. The Labute approximate surface area is 115 Å². The number of β-amino-alcohol motifs (C(OH)–C–C–N with tert-alkyl or cyclic N) is 1. The number of hydrogen-bond donors (Lipinski definition) is 2. The predicted octanol–water partition coefficient (Wildman–Crippen LogP) is 2.07. The van der Waals surface area contributed by atoms with Gasteiger partial charge in [-0.05, 0) is 44.3 Å². The minimum atomic E-state index is -0.416. The first-order valence-corrected chi connectivity index (χ1v) is 7.52. The molecule has 3 rings (SSSR count). The number of benzene rings is 1. The molecule has 1 aliphatic heterocycles. The van der Waals surface area contributed by atoms with Crippen LogP contribution in [0.5, 0.6) is 0 Å². The van der Waals surface area contributed by atoms with E-state index in [2.05, 4.69) is 34.5 Å². The van der Waals surface area contributed by atoms with Crippen molar-refractivity contribution in [2.75, 3.05) is 19.6 Å². The molecule has 3 heteroatoms. The van der Waals surface area contributed by atoms with Gasteiger partial charge in [-0.2, -0.15) is 0 Å². The van der Waals surface area contributed by atoms with Crippen LogP contribution in [0.4, 0.5) is 0 Å². The van der Waals surface area contributed by atoms with Crippen molar-refractivity contribution in [2.24, 2.45) is 0 Å². The molecular weight excluding hydrogens is 236 g/mol. The lowest BCUT2D eigenvalue weighted by Crippen LogP contribution is -2.46. The Kier molecular flexibility index (Phi) is 3.87. The van der Waals surface area contributed by atoms with Gasteiger partial charge in [-0.15, -0.1) is 0 Å². The Hall–Kier alpha value is -0.900. The van der Waals surface area contributed by atoms with Crippen molar-refractivity contribution in [1.82, 2.24) is 10.2 Å². The zero-order chi connectivity index (χ0) is 13.1. The maximum absolute atomic E-state index is 10.3. The van der Waals surface area contributed by atoms with Crippen LogP contribution in [0.1, 0.15) is 37.7 Å². The van der Waals surface area contributed by atoms with Crippen LogP contribution in [0.2, 0.25) is 0 Å². The Morgan fingerprint density at radius 3 is 2.42 bits per heavy atom. The van der Waals surface area contributed by atoms with E-state index in [4.69, 9.17) is 0 Å². The van der Waals surface area contributed by atoms with E-state index in [9.17, 15) is 5.11 Å². The SMILES string of the molecule is OC(CN1CCCCC1)NC1(c2ccccc2)CC1. The highest BCUT2D eigenvalue weighted by molar-refractivity contribution is 5.29. The van der Waals surface area contributed by atoms with Crippen LogP contribution in [0.15, 0.2) is 30.3 Å². The van der Waals surface area contributed by atoms with E-state index >= 15 is 0 Å². The predicted molar refractivity (Wildman–Crippen MR) is 76.8 cm³/mol. The Bertz CT molecular complexity index is 396. The molecular formula is C16H24N2O. The highest BCUT2D eigenvalue weighted by atomic mass is 16.3. The first-order valence-electron chi connectivity index (χ1n) is 7.52. The van der Waals surface area contributed by atoms with E-state index in [-0.39, 0.29) is 5.54 Å². The molecule has 3 nitrogen and oxygen atoms in total. The van der Waals surface area contributed by atoms with Gasteiger partial charge in [0.05, 0.1) is 0 Å². The van der Waals surface area contributed by atoms with E-state index < -0.39 is 6.23 Å². The molecule has 104 valence electrons. The number of aliphatic hydroxyl groups excluding tert-OH is 1. The molecule has 1 unspecified atom stereocenters. The van der Waals surface area contributed by atoms with Crippen molar-refractivity contribution in [3.63, 3.8) is 0 Å². The van der Waals surface area contributed by atoms with Crippen molar-refractivity contribution < 1.29 is 5.11 Å². The second-order valence-electron chi connectivity index (χ2n) is 5.97. The summed E-state index contributed by atoms with van der Waals surface area (Å²) in [7, 11) is 0. The van der Waals surface area contributed by atoms with Crippen molar-refractivity contribution in [3.05, 3.63) is 35.9 Å². The Morgan fingerprint density at radius 2 is 1.79 bits per heavy atom. The monoisotopic (exact) mass is 260 g/mol. The van der Waals surface area contributed by atoms with Gasteiger partial charge in [-0.1, -0.05) is 36.8 Å². The third kappa shape index (κ3) is 3.16. The fraction of sp³-hybridized carbons (Fsp3) is 0.625. The quantitative estimate of drug-likeness (QED) is 0.796. The highest BCUT2D eigenvalue weighted by Crippen LogP contribution is 2.45. The lowest BCUT2D eigenvalue weighted by molar-refractivity contribution is 0.0629. The first-order chi connectivity index (χ1) is 9.28. The van der Waals surface area contributed by atoms with Gasteiger partial charge in [0.2, 0.25) is 0 Å². The van der Waals surface area contributed by atoms with Gasteiger partial charge in [0.25, 0.3) is 0 Å². The lowest BCUT2D eigenvalue weighted by Gasteiger charge is -2.30. The summed E-state index contributed by atoms with van der Waals surface area (Å²) in [6, 6.07) is 10.5. The number of aliphatic hydroxyl groups is 1. The van der Waals surface area contributed by atoms with Crippen LogP contribution < -0.4 is 5.32 Å². The molecule has 1 saturated carbocycles. The maximum atomic E-state index is 10.3. The molecule has 2 fully saturated rings. The van der Waals surface area contributed by atoms with Gasteiger partial charge in [0, 0.05) is 12.1 Å². The highest BCUT2D eigenvalue weighted by Gasteiger charge is 2.45. The van der Waals surface area contributed by atoms with Crippen LogP contribution in [0.3, 0.4) is 0 Å². The van der Waals surface area contributed by atoms with Crippen LogP contribution in [0, 0.1) is 0 Å². The second kappa shape index (κ2) is 5.61. The summed E-state index contributed by atoms with van der Waals surface area (Å²) in [4.78, 5) is 2.38. The number of piperidine rings is 1. The molecule has 0 bridgehead atoms. The number of rotatable bonds is 5. The largest absolute Gasteiger partial charge is 0.377 e. The van der Waals surface area contributed by atoms with Gasteiger partial charge in [-0.25, -0.2) is 0 Å². The number of nitrogens with one attached hydrogen (secondary N) is 1.